The third kappa shape index (κ3) is 3.96. The van der Waals surface area contributed by atoms with Crippen LogP contribution in [0.3, 0.4) is 0 Å². The van der Waals surface area contributed by atoms with Gasteiger partial charge in [-0.3, -0.25) is 18.7 Å². The summed E-state index contributed by atoms with van der Waals surface area (Å²) < 4.78 is 13.6. The van der Waals surface area contributed by atoms with Crippen LogP contribution in [0.2, 0.25) is 5.02 Å². The van der Waals surface area contributed by atoms with E-state index in [1.807, 2.05) is 0 Å². The number of benzene rings is 1. The smallest absolute Gasteiger partial charge is 0.335 e. The van der Waals surface area contributed by atoms with E-state index < -0.39 is 12.1 Å². The van der Waals surface area contributed by atoms with Crippen LogP contribution in [0.1, 0.15) is 37.1 Å². The molecule has 1 fully saturated rings. The number of aromatic nitrogens is 3. The lowest BCUT2D eigenvalue weighted by Crippen LogP contribution is -2.36. The average Bonchev–Trinajstić information content (AvgIpc) is 2.78. The highest BCUT2D eigenvalue weighted by Crippen LogP contribution is 2.30. The molecule has 9 heteroatoms. The Hall–Kier alpha value is -2.97. The predicted octanol–water partition coefficient (Wildman–Crippen LogP) is 2.87. The van der Waals surface area contributed by atoms with E-state index in [0.29, 0.717) is 46.9 Å². The van der Waals surface area contributed by atoms with E-state index in [-0.39, 0.29) is 29.3 Å². The number of ether oxygens (including phenoxy) is 2. The van der Waals surface area contributed by atoms with E-state index in [1.54, 1.807) is 51.2 Å². The lowest BCUT2D eigenvalue weighted by molar-refractivity contribution is -0.160. The average molecular weight is 458 g/mol. The highest BCUT2D eigenvalue weighted by atomic mass is 35.5. The van der Waals surface area contributed by atoms with Crippen LogP contribution in [0, 0.1) is 6.92 Å². The maximum Gasteiger partial charge on any atom is 0.335 e. The lowest BCUT2D eigenvalue weighted by Gasteiger charge is -2.28. The van der Waals surface area contributed by atoms with Crippen molar-refractivity contribution in [2.24, 2.45) is 7.05 Å². The molecule has 0 amide bonds. The first-order valence-electron chi connectivity index (χ1n) is 10.5. The summed E-state index contributed by atoms with van der Waals surface area (Å²) in [7, 11) is 1.65. The Balaban J connectivity index is 1.93. The van der Waals surface area contributed by atoms with E-state index in [0.717, 1.165) is 0 Å². The highest BCUT2D eigenvalue weighted by molar-refractivity contribution is 6.30. The topological polar surface area (TPSA) is 92.4 Å². The van der Waals surface area contributed by atoms with Gasteiger partial charge in [-0.2, -0.15) is 0 Å². The molecule has 1 aliphatic rings. The number of esters is 1. The fraction of sp³-hybridized carbons (Fsp3) is 0.391. The maximum atomic E-state index is 13.7. The fourth-order valence-electron chi connectivity index (χ4n) is 4.05. The van der Waals surface area contributed by atoms with Crippen LogP contribution in [-0.4, -0.2) is 39.4 Å². The van der Waals surface area contributed by atoms with Gasteiger partial charge in [0.05, 0.1) is 17.7 Å². The molecule has 168 valence electrons. The van der Waals surface area contributed by atoms with Crippen LogP contribution < -0.4 is 11.1 Å². The molecule has 1 saturated heterocycles. The first kappa shape index (κ1) is 22.2. The Morgan fingerprint density at radius 1 is 1.25 bits per heavy atom. The largest absolute Gasteiger partial charge is 0.464 e. The van der Waals surface area contributed by atoms with Gasteiger partial charge in [-0.15, -0.1) is 0 Å². The van der Waals surface area contributed by atoms with E-state index in [1.165, 1.54) is 9.13 Å². The zero-order valence-corrected chi connectivity index (χ0v) is 18.9. The minimum Gasteiger partial charge on any atom is -0.464 e. The molecule has 32 heavy (non-hydrogen) atoms. The molecule has 3 aromatic rings. The van der Waals surface area contributed by atoms with Gasteiger partial charge in [0.2, 0.25) is 0 Å². The van der Waals surface area contributed by atoms with Gasteiger partial charge < -0.3 is 9.47 Å². The second kappa shape index (κ2) is 8.88. The van der Waals surface area contributed by atoms with Gasteiger partial charge in [-0.05, 0) is 62.9 Å². The second-order valence-electron chi connectivity index (χ2n) is 7.81. The summed E-state index contributed by atoms with van der Waals surface area (Å²) in [6.45, 7) is 4.02. The predicted molar refractivity (Wildman–Crippen MR) is 121 cm³/mol. The Bertz CT molecular complexity index is 1300. The van der Waals surface area contributed by atoms with Crippen molar-refractivity contribution in [2.45, 2.75) is 38.7 Å². The first-order valence-corrected chi connectivity index (χ1v) is 10.9. The molecular formula is C23H24ClN3O5. The number of pyridine rings is 1. The van der Waals surface area contributed by atoms with Gasteiger partial charge in [0.1, 0.15) is 5.82 Å². The van der Waals surface area contributed by atoms with Gasteiger partial charge >= 0.3 is 5.97 Å². The number of carbonyl (C=O) groups excluding carboxylic acids is 1. The van der Waals surface area contributed by atoms with Crippen LogP contribution in [0.25, 0.3) is 16.7 Å². The number of hydrogen-bond donors (Lipinski definition) is 0. The number of aryl methyl sites for hydroxylation is 1. The van der Waals surface area contributed by atoms with Crippen LogP contribution in [0.5, 0.6) is 0 Å². The third-order valence-electron chi connectivity index (χ3n) is 5.85. The Morgan fingerprint density at radius 3 is 2.66 bits per heavy atom. The van der Waals surface area contributed by atoms with Crippen molar-refractivity contribution in [1.82, 2.24) is 14.1 Å². The number of rotatable bonds is 4. The lowest BCUT2D eigenvalue weighted by atomic mass is 9.88. The van der Waals surface area contributed by atoms with Gasteiger partial charge in [0.15, 0.2) is 11.8 Å². The standard InChI is InChI=1S/C23H24ClN3O5/c1-4-31-23(30)19-11-14(9-10-32-19)17-12-18-20(25-13(2)26(3)21(18)28)27(22(17)29)16-7-5-15(24)6-8-16/h5-8,12,14,19H,4,9-11H2,1-3H3/t14-,19+/m0/s1. The quantitative estimate of drug-likeness (QED) is 0.559. The molecule has 8 nitrogen and oxygen atoms in total. The summed E-state index contributed by atoms with van der Waals surface area (Å²) in [6, 6.07) is 8.42. The summed E-state index contributed by atoms with van der Waals surface area (Å²) in [6.07, 6.45) is 0.114. The molecule has 2 atom stereocenters. The first-order chi connectivity index (χ1) is 15.3. The van der Waals surface area contributed by atoms with Gasteiger partial charge in [0.25, 0.3) is 11.1 Å². The summed E-state index contributed by atoms with van der Waals surface area (Å²) in [5, 5.41) is 0.867. The van der Waals surface area contributed by atoms with Crippen LogP contribution in [0.15, 0.2) is 39.9 Å². The maximum absolute atomic E-state index is 13.7. The Kier molecular flexibility index (Phi) is 6.17. The van der Waals surface area contributed by atoms with Crippen molar-refractivity contribution in [3.8, 4) is 5.69 Å². The molecule has 1 aromatic carbocycles. The van der Waals surface area contributed by atoms with Crippen molar-refractivity contribution < 1.29 is 14.3 Å². The van der Waals surface area contributed by atoms with Crippen LogP contribution >= 0.6 is 11.6 Å². The van der Waals surface area contributed by atoms with E-state index in [9.17, 15) is 14.4 Å². The van der Waals surface area contributed by atoms with Crippen molar-refractivity contribution in [2.75, 3.05) is 13.2 Å². The fourth-order valence-corrected chi connectivity index (χ4v) is 4.18. The summed E-state index contributed by atoms with van der Waals surface area (Å²) in [5.74, 6) is -0.213. The number of hydrogen-bond acceptors (Lipinski definition) is 6. The minimum absolute atomic E-state index is 0.245. The zero-order valence-electron chi connectivity index (χ0n) is 18.1. The van der Waals surface area contributed by atoms with Crippen LogP contribution in [0.4, 0.5) is 0 Å². The minimum atomic E-state index is -0.744. The molecule has 4 rings (SSSR count). The van der Waals surface area contributed by atoms with E-state index in [4.69, 9.17) is 21.1 Å². The SMILES string of the molecule is CCOC(=O)[C@H]1C[C@@H](c2cc3c(=O)n(C)c(C)nc3n(-c3ccc(Cl)cc3)c2=O)CCO1. The van der Waals surface area contributed by atoms with Gasteiger partial charge in [-0.1, -0.05) is 11.6 Å². The Labute approximate surface area is 189 Å². The van der Waals surface area contributed by atoms with Crippen molar-refractivity contribution in [3.63, 3.8) is 0 Å². The number of nitrogens with zero attached hydrogens (tertiary/aromatic N) is 3. The molecule has 0 unspecified atom stereocenters. The number of fused-ring (bicyclic) bond motifs is 1. The number of halogens is 1. The summed E-state index contributed by atoms with van der Waals surface area (Å²) >= 11 is 6.04. The molecule has 0 spiro atoms. The van der Waals surface area contributed by atoms with E-state index >= 15 is 0 Å². The molecule has 0 bridgehead atoms. The molecule has 0 saturated carbocycles. The third-order valence-corrected chi connectivity index (χ3v) is 6.10. The van der Waals surface area contributed by atoms with Crippen molar-refractivity contribution in [3.05, 3.63) is 67.4 Å². The Morgan fingerprint density at radius 2 is 1.97 bits per heavy atom. The van der Waals surface area contributed by atoms with Crippen molar-refractivity contribution in [1.29, 1.82) is 0 Å². The summed E-state index contributed by atoms with van der Waals surface area (Å²) in [5.41, 5.74) is 0.767. The zero-order chi connectivity index (χ0) is 23.0. The summed E-state index contributed by atoms with van der Waals surface area (Å²) in [4.78, 5) is 43.5. The molecule has 0 aliphatic carbocycles. The molecule has 0 N–H and O–H groups in total. The van der Waals surface area contributed by atoms with E-state index in [2.05, 4.69) is 4.98 Å². The van der Waals surface area contributed by atoms with Gasteiger partial charge in [-0.25, -0.2) is 9.78 Å². The molecule has 0 radical (unpaired) electrons. The molecule has 3 heterocycles. The number of carbonyl (C=O) groups is 1. The molecular weight excluding hydrogens is 434 g/mol. The molecule has 2 aromatic heterocycles. The highest BCUT2D eigenvalue weighted by Gasteiger charge is 2.32. The van der Waals surface area contributed by atoms with Gasteiger partial charge in [0, 0.05) is 24.2 Å². The monoisotopic (exact) mass is 457 g/mol. The van der Waals surface area contributed by atoms with Crippen LogP contribution in [-0.2, 0) is 21.3 Å². The second-order valence-corrected chi connectivity index (χ2v) is 8.25. The van der Waals surface area contributed by atoms with Crippen molar-refractivity contribution >= 4 is 28.6 Å². The molecule has 1 aliphatic heterocycles. The normalized spacial score (nSPS) is 18.6.